The summed E-state index contributed by atoms with van der Waals surface area (Å²) in [4.78, 5) is 5.67. The summed E-state index contributed by atoms with van der Waals surface area (Å²) in [5.41, 5.74) is 2.33. The van der Waals surface area contributed by atoms with Gasteiger partial charge in [0.2, 0.25) is 0 Å². The summed E-state index contributed by atoms with van der Waals surface area (Å²) in [6.07, 6.45) is 5.28. The lowest BCUT2D eigenvalue weighted by Gasteiger charge is -2.25. The van der Waals surface area contributed by atoms with Crippen molar-refractivity contribution in [2.45, 2.75) is 25.3 Å². The van der Waals surface area contributed by atoms with E-state index in [0.29, 0.717) is 11.2 Å². The van der Waals surface area contributed by atoms with Gasteiger partial charge in [0.15, 0.2) is 5.15 Å². The summed E-state index contributed by atoms with van der Waals surface area (Å²) in [5, 5.41) is 4.07. The number of pyridine rings is 1. The van der Waals surface area contributed by atoms with Gasteiger partial charge in [-0.3, -0.25) is 0 Å². The number of rotatable bonds is 2. The largest absolute Gasteiger partial charge is 0.376 e. The minimum atomic E-state index is 0.345. The van der Waals surface area contributed by atoms with Gasteiger partial charge in [-0.25, -0.2) is 4.98 Å². The van der Waals surface area contributed by atoms with Crippen LogP contribution in [0.4, 0.5) is 5.69 Å². The summed E-state index contributed by atoms with van der Waals surface area (Å²) >= 11 is 13.9. The first-order chi connectivity index (χ1) is 9.13. The summed E-state index contributed by atoms with van der Waals surface area (Å²) in [6, 6.07) is 4.62. The van der Waals surface area contributed by atoms with Crippen LogP contribution in [0.2, 0.25) is 5.15 Å². The van der Waals surface area contributed by atoms with Gasteiger partial charge in [0.05, 0.1) is 14.6 Å². The maximum Gasteiger partial charge on any atom is 0.152 e. The number of nitrogens with one attached hydrogen (secondary N) is 1. The molecule has 0 aliphatic heterocycles. The number of anilines is 1. The molecule has 3 rings (SSSR count). The van der Waals surface area contributed by atoms with E-state index in [2.05, 4.69) is 54.9 Å². The van der Waals surface area contributed by atoms with E-state index in [-0.39, 0.29) is 0 Å². The van der Waals surface area contributed by atoms with E-state index in [4.69, 9.17) is 11.6 Å². The number of hydrogen-bond donors (Lipinski definition) is 1. The van der Waals surface area contributed by atoms with Gasteiger partial charge in [-0.2, -0.15) is 0 Å². The molecular weight excluding hydrogens is 458 g/mol. The Hall–Kier alpha value is 0.150. The van der Waals surface area contributed by atoms with Gasteiger partial charge in [0.1, 0.15) is 0 Å². The molecule has 2 heterocycles. The number of thiophene rings is 1. The Morgan fingerprint density at radius 2 is 2.32 bits per heavy atom. The normalized spacial score (nSPS) is 18.2. The second-order valence-electron chi connectivity index (χ2n) is 4.51. The van der Waals surface area contributed by atoms with Crippen LogP contribution in [-0.4, -0.2) is 4.98 Å². The van der Waals surface area contributed by atoms with E-state index < -0.39 is 0 Å². The van der Waals surface area contributed by atoms with Crippen molar-refractivity contribution in [2.24, 2.45) is 0 Å². The summed E-state index contributed by atoms with van der Waals surface area (Å²) in [5.74, 6) is 0. The second kappa shape index (κ2) is 5.87. The van der Waals surface area contributed by atoms with Crippen LogP contribution in [0.25, 0.3) is 0 Å². The molecule has 0 saturated carbocycles. The molecule has 2 nitrogen and oxygen atoms in total. The third kappa shape index (κ3) is 3.09. The van der Waals surface area contributed by atoms with Gasteiger partial charge >= 0.3 is 0 Å². The van der Waals surface area contributed by atoms with Crippen molar-refractivity contribution in [2.75, 3.05) is 5.32 Å². The van der Waals surface area contributed by atoms with Gasteiger partial charge in [-0.05, 0) is 75.5 Å². The van der Waals surface area contributed by atoms with E-state index in [1.54, 1.807) is 6.20 Å². The van der Waals surface area contributed by atoms with Gasteiger partial charge in [0.25, 0.3) is 0 Å². The fourth-order valence-corrected chi connectivity index (χ4v) is 4.99. The molecule has 0 bridgehead atoms. The van der Waals surface area contributed by atoms with Crippen molar-refractivity contribution in [3.8, 4) is 0 Å². The highest BCUT2D eigenvalue weighted by molar-refractivity contribution is 14.1. The van der Waals surface area contributed by atoms with Gasteiger partial charge in [-0.15, -0.1) is 11.3 Å². The third-order valence-corrected chi connectivity index (χ3v) is 5.93. The molecule has 0 spiro atoms. The van der Waals surface area contributed by atoms with E-state index in [1.807, 2.05) is 17.4 Å². The van der Waals surface area contributed by atoms with E-state index in [0.717, 1.165) is 16.6 Å². The molecule has 2 aromatic heterocycles. The first-order valence-electron chi connectivity index (χ1n) is 5.99. The Bertz CT molecular complexity index is 617. The zero-order valence-corrected chi connectivity index (χ0v) is 15.2. The van der Waals surface area contributed by atoms with Crippen molar-refractivity contribution in [3.63, 3.8) is 0 Å². The maximum absolute atomic E-state index is 6.15. The molecule has 1 aliphatic rings. The number of halogens is 3. The number of aromatic nitrogens is 1. The van der Waals surface area contributed by atoms with Crippen molar-refractivity contribution in [1.29, 1.82) is 0 Å². The summed E-state index contributed by atoms with van der Waals surface area (Å²) in [6.45, 7) is 0. The predicted octanol–water partition coefficient (Wildman–Crippen LogP) is 5.65. The highest BCUT2D eigenvalue weighted by Gasteiger charge is 2.23. The van der Waals surface area contributed by atoms with Crippen LogP contribution in [0.3, 0.4) is 0 Å². The SMILES string of the molecule is Clc1ncc(Br)cc1NC1CCCc2sc(I)cc21. The molecule has 2 aromatic rings. The van der Waals surface area contributed by atoms with Crippen LogP contribution in [0.15, 0.2) is 22.8 Å². The molecule has 1 atom stereocenters. The molecule has 1 unspecified atom stereocenters. The van der Waals surface area contributed by atoms with Crippen LogP contribution in [-0.2, 0) is 6.42 Å². The van der Waals surface area contributed by atoms with Crippen LogP contribution in [0, 0.1) is 2.88 Å². The molecule has 0 radical (unpaired) electrons. The first-order valence-corrected chi connectivity index (χ1v) is 9.06. The number of hydrogen-bond acceptors (Lipinski definition) is 3. The minimum Gasteiger partial charge on any atom is -0.376 e. The lowest BCUT2D eigenvalue weighted by atomic mass is 9.94. The summed E-state index contributed by atoms with van der Waals surface area (Å²) < 4.78 is 2.30. The molecule has 0 amide bonds. The average Bonchev–Trinajstić information content (AvgIpc) is 2.75. The van der Waals surface area contributed by atoms with E-state index in [9.17, 15) is 0 Å². The number of aryl methyl sites for hydroxylation is 1. The van der Waals surface area contributed by atoms with Gasteiger partial charge < -0.3 is 5.32 Å². The fourth-order valence-electron chi connectivity index (χ4n) is 2.38. The van der Waals surface area contributed by atoms with Crippen molar-refractivity contribution in [1.82, 2.24) is 4.98 Å². The smallest absolute Gasteiger partial charge is 0.152 e. The van der Waals surface area contributed by atoms with Crippen LogP contribution in [0.1, 0.15) is 29.3 Å². The number of fused-ring (bicyclic) bond motifs is 1. The summed E-state index contributed by atoms with van der Waals surface area (Å²) in [7, 11) is 0. The topological polar surface area (TPSA) is 24.9 Å². The van der Waals surface area contributed by atoms with Crippen molar-refractivity contribution >= 4 is 67.1 Å². The molecule has 100 valence electrons. The molecule has 0 fully saturated rings. The molecule has 19 heavy (non-hydrogen) atoms. The molecule has 0 aromatic carbocycles. The molecule has 6 heteroatoms. The van der Waals surface area contributed by atoms with Crippen molar-refractivity contribution in [3.05, 3.63) is 41.3 Å². The lowest BCUT2D eigenvalue weighted by Crippen LogP contribution is -2.16. The molecule has 1 aliphatic carbocycles. The maximum atomic E-state index is 6.15. The monoisotopic (exact) mass is 468 g/mol. The standard InChI is InChI=1S/C13H11BrClIN2S/c14-7-4-10(13(15)17-6-7)18-9-2-1-3-11-8(9)5-12(16)19-11/h4-6,9,18H,1-3H2. The first kappa shape index (κ1) is 14.1. The predicted molar refractivity (Wildman–Crippen MR) is 93.3 cm³/mol. The lowest BCUT2D eigenvalue weighted by molar-refractivity contribution is 0.608. The van der Waals surface area contributed by atoms with Crippen LogP contribution >= 0.6 is 61.5 Å². The van der Waals surface area contributed by atoms with Crippen LogP contribution < -0.4 is 5.32 Å². The quantitative estimate of drug-likeness (QED) is 0.454. The van der Waals surface area contributed by atoms with Gasteiger partial charge in [0, 0.05) is 15.5 Å². The highest BCUT2D eigenvalue weighted by Crippen LogP contribution is 2.39. The third-order valence-electron chi connectivity index (χ3n) is 3.22. The molecule has 0 saturated heterocycles. The molecular formula is C13H11BrClIN2S. The van der Waals surface area contributed by atoms with E-state index >= 15 is 0 Å². The number of nitrogens with zero attached hydrogens (tertiary/aromatic N) is 1. The highest BCUT2D eigenvalue weighted by atomic mass is 127. The Balaban J connectivity index is 1.90. The minimum absolute atomic E-state index is 0.345. The zero-order chi connectivity index (χ0) is 13.4. The second-order valence-corrected chi connectivity index (χ2v) is 8.81. The van der Waals surface area contributed by atoms with Crippen LogP contribution in [0.5, 0.6) is 0 Å². The van der Waals surface area contributed by atoms with Gasteiger partial charge in [-0.1, -0.05) is 11.6 Å². The molecule has 1 N–H and O–H groups in total. The Morgan fingerprint density at radius 3 is 3.16 bits per heavy atom. The Morgan fingerprint density at radius 1 is 1.47 bits per heavy atom. The zero-order valence-electron chi connectivity index (χ0n) is 9.92. The van der Waals surface area contributed by atoms with Crippen molar-refractivity contribution < 1.29 is 0 Å². The Kier molecular flexibility index (Phi) is 4.36. The average molecular weight is 470 g/mol. The Labute approximate surface area is 143 Å². The van der Waals surface area contributed by atoms with E-state index in [1.165, 1.54) is 26.2 Å². The fraction of sp³-hybridized carbons (Fsp3) is 0.308.